The van der Waals surface area contributed by atoms with Crippen molar-refractivity contribution in [3.63, 3.8) is 0 Å². The van der Waals surface area contributed by atoms with Crippen molar-refractivity contribution in [3.05, 3.63) is 71.2 Å². The molecule has 0 bridgehead atoms. The van der Waals surface area contributed by atoms with Crippen molar-refractivity contribution >= 4 is 28.4 Å². The molecule has 0 saturated carbocycles. The van der Waals surface area contributed by atoms with Crippen LogP contribution in [-0.4, -0.2) is 35.0 Å². The van der Waals surface area contributed by atoms with Gasteiger partial charge < -0.3 is 9.64 Å². The van der Waals surface area contributed by atoms with Gasteiger partial charge >= 0.3 is 0 Å². The fourth-order valence-electron chi connectivity index (χ4n) is 2.77. The Morgan fingerprint density at radius 3 is 2.62 bits per heavy atom. The average molecular weight is 339 g/mol. The third-order valence-electron chi connectivity index (χ3n) is 4.10. The van der Waals surface area contributed by atoms with Crippen LogP contribution < -0.4 is 4.74 Å². The average Bonchev–Trinajstić information content (AvgIpc) is 2.57. The lowest BCUT2D eigenvalue weighted by Crippen LogP contribution is -2.56. The highest BCUT2D eigenvalue weighted by atomic mass is 35.5. The molecule has 1 amide bonds. The number of likely N-dealkylation sites (tertiary alicyclic amines) is 1. The zero-order valence-corrected chi connectivity index (χ0v) is 13.6. The van der Waals surface area contributed by atoms with Crippen molar-refractivity contribution in [2.24, 2.45) is 0 Å². The monoisotopic (exact) mass is 338 g/mol. The number of aromatic nitrogens is 1. The highest BCUT2D eigenvalue weighted by Crippen LogP contribution is 2.23. The molecule has 1 saturated heterocycles. The normalized spacial score (nSPS) is 14.5. The molecule has 0 atom stereocenters. The van der Waals surface area contributed by atoms with E-state index < -0.39 is 0 Å². The summed E-state index contributed by atoms with van der Waals surface area (Å²) < 4.78 is 5.87. The maximum absolute atomic E-state index is 12.4. The van der Waals surface area contributed by atoms with Crippen molar-refractivity contribution < 1.29 is 9.53 Å². The standard InChI is InChI=1S/C19H15ClN2O2/c20-16-7-3-2-6-15(16)19(23)22-11-14(12-22)24-18-10-9-13-5-1-4-8-17(13)21-18/h1-10,14H,11-12H2. The van der Waals surface area contributed by atoms with E-state index in [9.17, 15) is 4.79 Å². The number of pyridine rings is 1. The smallest absolute Gasteiger partial charge is 0.255 e. The number of halogens is 1. The Bertz CT molecular complexity index is 907. The minimum atomic E-state index is -0.0630. The lowest BCUT2D eigenvalue weighted by molar-refractivity contribution is 0.0161. The summed E-state index contributed by atoms with van der Waals surface area (Å²) in [7, 11) is 0. The second-order valence-electron chi connectivity index (χ2n) is 5.77. The molecule has 4 rings (SSSR count). The van der Waals surface area contributed by atoms with E-state index in [1.807, 2.05) is 48.5 Å². The van der Waals surface area contributed by atoms with Crippen LogP contribution in [-0.2, 0) is 0 Å². The Balaban J connectivity index is 1.40. The van der Waals surface area contributed by atoms with Gasteiger partial charge in [-0.05, 0) is 24.3 Å². The van der Waals surface area contributed by atoms with Gasteiger partial charge in [-0.2, -0.15) is 0 Å². The van der Waals surface area contributed by atoms with Crippen molar-refractivity contribution in [2.75, 3.05) is 13.1 Å². The van der Waals surface area contributed by atoms with E-state index >= 15 is 0 Å². The molecule has 0 unspecified atom stereocenters. The van der Waals surface area contributed by atoms with E-state index in [1.165, 1.54) is 0 Å². The first-order valence-electron chi connectivity index (χ1n) is 7.77. The summed E-state index contributed by atoms with van der Waals surface area (Å²) in [5.74, 6) is 0.524. The molecule has 2 aromatic carbocycles. The van der Waals surface area contributed by atoms with Crippen LogP contribution in [0.2, 0.25) is 5.02 Å². The number of hydrogen-bond donors (Lipinski definition) is 0. The molecular formula is C19H15ClN2O2. The van der Waals surface area contributed by atoms with Gasteiger partial charge in [-0.25, -0.2) is 4.98 Å². The Kier molecular flexibility index (Phi) is 3.82. The predicted molar refractivity (Wildman–Crippen MR) is 93.5 cm³/mol. The summed E-state index contributed by atoms with van der Waals surface area (Å²) in [4.78, 5) is 18.6. The molecule has 1 aliphatic heterocycles. The SMILES string of the molecule is O=C(c1ccccc1Cl)N1CC(Oc2ccc3ccccc3n2)C1. The number of fused-ring (bicyclic) bond motifs is 1. The van der Waals surface area contributed by atoms with Gasteiger partial charge in [0, 0.05) is 11.5 Å². The molecule has 0 radical (unpaired) electrons. The molecule has 1 aromatic heterocycles. The van der Waals surface area contributed by atoms with Crippen LogP contribution in [0.5, 0.6) is 5.88 Å². The van der Waals surface area contributed by atoms with E-state index in [2.05, 4.69) is 4.98 Å². The van der Waals surface area contributed by atoms with Crippen LogP contribution in [0.15, 0.2) is 60.7 Å². The minimum Gasteiger partial charge on any atom is -0.471 e. The number of carbonyl (C=O) groups excluding carboxylic acids is 1. The summed E-state index contributed by atoms with van der Waals surface area (Å²) in [6.07, 6.45) is -0.0369. The molecule has 24 heavy (non-hydrogen) atoms. The Morgan fingerprint density at radius 2 is 1.79 bits per heavy atom. The zero-order valence-electron chi connectivity index (χ0n) is 12.9. The lowest BCUT2D eigenvalue weighted by Gasteiger charge is -2.38. The number of amides is 1. The number of benzene rings is 2. The van der Waals surface area contributed by atoms with Gasteiger partial charge in [0.05, 0.1) is 29.2 Å². The molecule has 0 N–H and O–H groups in total. The number of hydrogen-bond acceptors (Lipinski definition) is 3. The minimum absolute atomic E-state index is 0.0369. The summed E-state index contributed by atoms with van der Waals surface area (Å²) in [6.45, 7) is 1.08. The first-order valence-corrected chi connectivity index (χ1v) is 8.15. The van der Waals surface area contributed by atoms with Gasteiger partial charge in [0.25, 0.3) is 5.91 Å². The zero-order chi connectivity index (χ0) is 16.5. The fraction of sp³-hybridized carbons (Fsp3) is 0.158. The van der Waals surface area contributed by atoms with Crippen molar-refractivity contribution in [3.8, 4) is 5.88 Å². The predicted octanol–water partition coefficient (Wildman–Crippen LogP) is 3.79. The molecule has 0 aliphatic carbocycles. The molecule has 5 heteroatoms. The van der Waals surface area contributed by atoms with Crippen LogP contribution >= 0.6 is 11.6 Å². The molecule has 3 aromatic rings. The Hall–Kier alpha value is -2.59. The Morgan fingerprint density at radius 1 is 1.04 bits per heavy atom. The fourth-order valence-corrected chi connectivity index (χ4v) is 2.98. The molecule has 0 spiro atoms. The summed E-state index contributed by atoms with van der Waals surface area (Å²) >= 11 is 6.08. The van der Waals surface area contributed by atoms with Gasteiger partial charge in [-0.15, -0.1) is 0 Å². The second-order valence-corrected chi connectivity index (χ2v) is 6.18. The van der Waals surface area contributed by atoms with E-state index in [1.54, 1.807) is 17.0 Å². The topological polar surface area (TPSA) is 42.4 Å². The first kappa shape index (κ1) is 15.0. The molecule has 120 valence electrons. The summed E-state index contributed by atoms with van der Waals surface area (Å²) in [6, 6.07) is 18.8. The van der Waals surface area contributed by atoms with Gasteiger partial charge in [-0.3, -0.25) is 4.79 Å². The van der Waals surface area contributed by atoms with Gasteiger partial charge in [0.2, 0.25) is 5.88 Å². The second kappa shape index (κ2) is 6.13. The molecule has 4 nitrogen and oxygen atoms in total. The molecule has 2 heterocycles. The molecule has 1 aliphatic rings. The number of rotatable bonds is 3. The highest BCUT2D eigenvalue weighted by Gasteiger charge is 2.33. The van der Waals surface area contributed by atoms with Crippen LogP contribution in [0.4, 0.5) is 0 Å². The quantitative estimate of drug-likeness (QED) is 0.729. The third kappa shape index (κ3) is 2.81. The van der Waals surface area contributed by atoms with Crippen LogP contribution in [0.25, 0.3) is 10.9 Å². The summed E-state index contributed by atoms with van der Waals surface area (Å²) in [5, 5.41) is 1.55. The summed E-state index contributed by atoms with van der Waals surface area (Å²) in [5.41, 5.74) is 1.43. The first-order chi connectivity index (χ1) is 11.7. The number of nitrogens with zero attached hydrogens (tertiary/aromatic N) is 2. The van der Waals surface area contributed by atoms with Crippen LogP contribution in [0, 0.1) is 0 Å². The Labute approximate surface area is 144 Å². The van der Waals surface area contributed by atoms with Crippen molar-refractivity contribution in [1.82, 2.24) is 9.88 Å². The van der Waals surface area contributed by atoms with Crippen molar-refractivity contribution in [2.45, 2.75) is 6.10 Å². The highest BCUT2D eigenvalue weighted by molar-refractivity contribution is 6.33. The van der Waals surface area contributed by atoms with E-state index in [0.29, 0.717) is 29.6 Å². The third-order valence-corrected chi connectivity index (χ3v) is 4.43. The van der Waals surface area contributed by atoms with Crippen molar-refractivity contribution in [1.29, 1.82) is 0 Å². The van der Waals surface area contributed by atoms with E-state index in [0.717, 1.165) is 10.9 Å². The van der Waals surface area contributed by atoms with Gasteiger partial charge in [0.15, 0.2) is 0 Å². The largest absolute Gasteiger partial charge is 0.471 e. The van der Waals surface area contributed by atoms with Crippen LogP contribution in [0.1, 0.15) is 10.4 Å². The molecule has 1 fully saturated rings. The molecular weight excluding hydrogens is 324 g/mol. The maximum atomic E-state index is 12.4. The lowest BCUT2D eigenvalue weighted by atomic mass is 10.1. The van der Waals surface area contributed by atoms with E-state index in [4.69, 9.17) is 16.3 Å². The van der Waals surface area contributed by atoms with Gasteiger partial charge in [0.1, 0.15) is 6.10 Å². The maximum Gasteiger partial charge on any atom is 0.255 e. The van der Waals surface area contributed by atoms with Crippen LogP contribution in [0.3, 0.4) is 0 Å². The number of ether oxygens (including phenoxy) is 1. The number of carbonyl (C=O) groups is 1. The van der Waals surface area contributed by atoms with Gasteiger partial charge in [-0.1, -0.05) is 41.9 Å². The van der Waals surface area contributed by atoms with E-state index in [-0.39, 0.29) is 12.0 Å². The number of para-hydroxylation sites is 1.